The first-order valence-electron chi connectivity index (χ1n) is 11.3. The van der Waals surface area contributed by atoms with Gasteiger partial charge in [-0.3, -0.25) is 9.79 Å². The zero-order valence-electron chi connectivity index (χ0n) is 19.1. The van der Waals surface area contributed by atoms with Crippen molar-refractivity contribution in [1.82, 2.24) is 4.68 Å². The van der Waals surface area contributed by atoms with E-state index in [1.54, 1.807) is 12.1 Å². The number of hydrogen-bond donors (Lipinski definition) is 2. The second-order valence-corrected chi connectivity index (χ2v) is 8.85. The monoisotopic (exact) mass is 484 g/mol. The molecule has 0 atom stereocenters. The second kappa shape index (κ2) is 9.99. The van der Waals surface area contributed by atoms with Crippen LogP contribution in [-0.4, -0.2) is 28.0 Å². The molecule has 0 aliphatic carbocycles. The Morgan fingerprint density at radius 1 is 1.11 bits per heavy atom. The Morgan fingerprint density at radius 2 is 1.91 bits per heavy atom. The lowest BCUT2D eigenvalue weighted by Crippen LogP contribution is -2.25. The quantitative estimate of drug-likeness (QED) is 0.377. The van der Waals surface area contributed by atoms with Crippen molar-refractivity contribution in [2.24, 2.45) is 10.1 Å². The highest BCUT2D eigenvalue weighted by molar-refractivity contribution is 7.07. The molecule has 0 spiro atoms. The molecule has 1 aromatic heterocycles. The number of carbonyl (C=O) groups is 1. The molecule has 0 bridgehead atoms. The molecule has 5 rings (SSSR count). The van der Waals surface area contributed by atoms with E-state index in [2.05, 4.69) is 5.32 Å². The molecule has 0 unspecified atom stereocenters. The number of fused-ring (bicyclic) bond motifs is 1. The standard InChI is InChI=1S/C27H24N4O3S/c1-2-22(19-8-11-21(32)12-9-19)30-31-24(17-35-27(31)28-15-18-6-4-3-5-7-18)20-10-13-25-23(14-20)29-26(33)16-34-25/h3-14,17,32H,2,15-16H2,1H3,(H,29,33). The lowest BCUT2D eigenvalue weighted by molar-refractivity contribution is -0.118. The maximum atomic E-state index is 11.8. The van der Waals surface area contributed by atoms with Crippen LogP contribution >= 0.6 is 11.3 Å². The van der Waals surface area contributed by atoms with Gasteiger partial charge in [-0.25, -0.2) is 4.68 Å². The number of anilines is 1. The number of hydrogen-bond acceptors (Lipinski definition) is 6. The Labute approximate surface area is 206 Å². The number of aromatic hydroxyl groups is 1. The molecule has 1 amide bonds. The number of nitrogens with one attached hydrogen (secondary N) is 1. The van der Waals surface area contributed by atoms with E-state index in [0.29, 0.717) is 24.4 Å². The number of ether oxygens (including phenoxy) is 1. The second-order valence-electron chi connectivity index (χ2n) is 8.01. The van der Waals surface area contributed by atoms with Crippen molar-refractivity contribution in [3.8, 4) is 22.8 Å². The highest BCUT2D eigenvalue weighted by atomic mass is 32.1. The lowest BCUT2D eigenvalue weighted by Gasteiger charge is -2.18. The minimum Gasteiger partial charge on any atom is -0.508 e. The molecule has 1 aliphatic heterocycles. The Bertz CT molecular complexity index is 1450. The Kier molecular flexibility index (Phi) is 6.45. The van der Waals surface area contributed by atoms with E-state index >= 15 is 0 Å². The molecular weight excluding hydrogens is 460 g/mol. The van der Waals surface area contributed by atoms with E-state index in [4.69, 9.17) is 14.8 Å². The number of phenols is 1. The first-order valence-corrected chi connectivity index (χ1v) is 12.2. The molecule has 3 aromatic carbocycles. The van der Waals surface area contributed by atoms with Crippen LogP contribution in [0, 0.1) is 0 Å². The molecular formula is C27H24N4O3S. The third-order valence-electron chi connectivity index (χ3n) is 5.59. The predicted octanol–water partition coefficient (Wildman–Crippen LogP) is 5.02. The van der Waals surface area contributed by atoms with Crippen molar-refractivity contribution < 1.29 is 14.6 Å². The molecule has 8 heteroatoms. The minimum absolute atomic E-state index is 0.0180. The summed E-state index contributed by atoms with van der Waals surface area (Å²) < 4.78 is 7.37. The summed E-state index contributed by atoms with van der Waals surface area (Å²) >= 11 is 1.51. The van der Waals surface area contributed by atoms with Gasteiger partial charge in [0.15, 0.2) is 6.61 Å². The summed E-state index contributed by atoms with van der Waals surface area (Å²) in [4.78, 5) is 17.4. The summed E-state index contributed by atoms with van der Waals surface area (Å²) in [6.07, 6.45) is 0.694. The van der Waals surface area contributed by atoms with Crippen LogP contribution in [0.1, 0.15) is 24.5 Å². The minimum atomic E-state index is -0.176. The van der Waals surface area contributed by atoms with Gasteiger partial charge in [0.25, 0.3) is 5.91 Å². The third kappa shape index (κ3) is 5.02. The molecule has 35 heavy (non-hydrogen) atoms. The Balaban J connectivity index is 1.62. The van der Waals surface area contributed by atoms with Crippen molar-refractivity contribution in [2.75, 3.05) is 11.9 Å². The first kappa shape index (κ1) is 22.6. The number of phenolic OH excluding ortho intramolecular Hbond substituents is 1. The molecule has 176 valence electrons. The summed E-state index contributed by atoms with van der Waals surface area (Å²) in [6.45, 7) is 2.60. The fourth-order valence-corrected chi connectivity index (χ4v) is 4.63. The fourth-order valence-electron chi connectivity index (χ4n) is 3.79. The van der Waals surface area contributed by atoms with Gasteiger partial charge in [0, 0.05) is 10.9 Å². The molecule has 1 aliphatic rings. The van der Waals surface area contributed by atoms with Crippen LogP contribution in [0.3, 0.4) is 0 Å². The molecule has 4 aromatic rings. The SMILES string of the molecule is CCC(=Nn1c(-c2ccc3c(c2)NC(=O)CO3)csc1=NCc1ccccc1)c1ccc(O)cc1. The van der Waals surface area contributed by atoms with Crippen molar-refractivity contribution >= 4 is 28.6 Å². The maximum Gasteiger partial charge on any atom is 0.262 e. The average Bonchev–Trinajstić information content (AvgIpc) is 3.29. The van der Waals surface area contributed by atoms with Crippen LogP contribution < -0.4 is 14.9 Å². The van der Waals surface area contributed by atoms with Crippen LogP contribution in [0.2, 0.25) is 0 Å². The number of nitrogens with zero attached hydrogens (tertiary/aromatic N) is 3. The smallest absolute Gasteiger partial charge is 0.262 e. The number of carbonyl (C=O) groups excluding carboxylic acids is 1. The van der Waals surface area contributed by atoms with Gasteiger partial charge in [-0.15, -0.1) is 11.3 Å². The fraction of sp³-hybridized carbons (Fsp3) is 0.148. The topological polar surface area (TPSA) is 88.2 Å². The summed E-state index contributed by atoms with van der Waals surface area (Å²) in [5.74, 6) is 0.681. The van der Waals surface area contributed by atoms with Crippen molar-refractivity contribution in [3.05, 3.63) is 94.1 Å². The van der Waals surface area contributed by atoms with Gasteiger partial charge in [0.1, 0.15) is 11.5 Å². The molecule has 2 N–H and O–H groups in total. The van der Waals surface area contributed by atoms with Gasteiger partial charge in [-0.2, -0.15) is 5.10 Å². The Morgan fingerprint density at radius 3 is 2.69 bits per heavy atom. The molecule has 2 heterocycles. The van der Waals surface area contributed by atoms with Gasteiger partial charge in [-0.05, 0) is 60.0 Å². The van der Waals surface area contributed by atoms with E-state index in [-0.39, 0.29) is 18.3 Å². The maximum absolute atomic E-state index is 11.8. The average molecular weight is 485 g/mol. The van der Waals surface area contributed by atoms with E-state index in [9.17, 15) is 9.90 Å². The summed E-state index contributed by atoms with van der Waals surface area (Å²) in [7, 11) is 0. The van der Waals surface area contributed by atoms with Gasteiger partial charge < -0.3 is 15.2 Å². The van der Waals surface area contributed by atoms with Gasteiger partial charge in [0.2, 0.25) is 4.80 Å². The van der Waals surface area contributed by atoms with E-state index in [1.165, 1.54) is 11.3 Å². The summed E-state index contributed by atoms with van der Waals surface area (Å²) in [5.41, 5.74) is 5.28. The van der Waals surface area contributed by atoms with Crippen LogP contribution in [0.15, 0.2) is 88.3 Å². The summed E-state index contributed by atoms with van der Waals surface area (Å²) in [6, 6.07) is 22.8. The van der Waals surface area contributed by atoms with Crippen molar-refractivity contribution in [2.45, 2.75) is 19.9 Å². The third-order valence-corrected chi connectivity index (χ3v) is 6.44. The number of thiazole rings is 1. The molecule has 0 fully saturated rings. The zero-order chi connectivity index (χ0) is 24.2. The summed E-state index contributed by atoms with van der Waals surface area (Å²) in [5, 5.41) is 19.6. The zero-order valence-corrected chi connectivity index (χ0v) is 20.0. The first-order chi connectivity index (χ1) is 17.1. The van der Waals surface area contributed by atoms with Crippen LogP contribution in [0.25, 0.3) is 11.3 Å². The van der Waals surface area contributed by atoms with Gasteiger partial charge in [0.05, 0.1) is 23.6 Å². The van der Waals surface area contributed by atoms with Crippen molar-refractivity contribution in [3.63, 3.8) is 0 Å². The molecule has 7 nitrogen and oxygen atoms in total. The van der Waals surface area contributed by atoms with Crippen LogP contribution in [0.5, 0.6) is 11.5 Å². The molecule has 0 radical (unpaired) electrons. The number of benzene rings is 3. The highest BCUT2D eigenvalue weighted by Gasteiger charge is 2.18. The Hall–Kier alpha value is -4.17. The van der Waals surface area contributed by atoms with Crippen LogP contribution in [-0.2, 0) is 11.3 Å². The normalized spacial score (nSPS) is 13.8. The molecule has 0 saturated heterocycles. The number of rotatable bonds is 6. The number of amides is 1. The van der Waals surface area contributed by atoms with Gasteiger partial charge >= 0.3 is 0 Å². The van der Waals surface area contributed by atoms with Crippen molar-refractivity contribution in [1.29, 1.82) is 0 Å². The lowest BCUT2D eigenvalue weighted by atomic mass is 10.1. The highest BCUT2D eigenvalue weighted by Crippen LogP contribution is 2.33. The van der Waals surface area contributed by atoms with E-state index < -0.39 is 0 Å². The van der Waals surface area contributed by atoms with E-state index in [1.807, 2.05) is 77.6 Å². The number of aromatic nitrogens is 1. The van der Waals surface area contributed by atoms with Crippen LogP contribution in [0.4, 0.5) is 5.69 Å². The predicted molar refractivity (Wildman–Crippen MR) is 138 cm³/mol. The van der Waals surface area contributed by atoms with E-state index in [0.717, 1.165) is 32.9 Å². The van der Waals surface area contributed by atoms with Gasteiger partial charge in [-0.1, -0.05) is 37.3 Å². The molecule has 0 saturated carbocycles. The largest absolute Gasteiger partial charge is 0.508 e.